The molecule has 4 nitrogen and oxygen atoms in total. The van der Waals surface area contributed by atoms with Crippen LogP contribution in [0.2, 0.25) is 0 Å². The number of nitrogens with two attached hydrogens (primary N) is 1. The second-order valence-electron chi connectivity index (χ2n) is 6.20. The van der Waals surface area contributed by atoms with Crippen molar-refractivity contribution < 1.29 is 4.74 Å². The predicted molar refractivity (Wildman–Crippen MR) is 72.6 cm³/mol. The Balaban J connectivity index is 1.78. The van der Waals surface area contributed by atoms with Crippen molar-refractivity contribution in [2.45, 2.75) is 49.8 Å². The summed E-state index contributed by atoms with van der Waals surface area (Å²) in [4.78, 5) is 5.34. The average Bonchev–Trinajstić information content (AvgIpc) is 3.01. The van der Waals surface area contributed by atoms with E-state index < -0.39 is 0 Å². The summed E-state index contributed by atoms with van der Waals surface area (Å²) in [5, 5.41) is 0. The van der Waals surface area contributed by atoms with Crippen LogP contribution >= 0.6 is 0 Å². The van der Waals surface area contributed by atoms with Gasteiger partial charge in [-0.3, -0.25) is 9.80 Å². The number of rotatable bonds is 3. The van der Waals surface area contributed by atoms with Gasteiger partial charge in [0.15, 0.2) is 0 Å². The number of methoxy groups -OCH3 is 1. The molecule has 0 bridgehead atoms. The summed E-state index contributed by atoms with van der Waals surface area (Å²) in [6.45, 7) is 5.63. The standard InChI is InChI=1S/C14H27N3O/c1-18-12-4-2-8-17(10-12)14(11-15)6-9-16-7-3-5-13(14)16/h12-13H,2-11,15H2,1H3. The largest absolute Gasteiger partial charge is 0.380 e. The molecule has 3 aliphatic heterocycles. The molecular formula is C14H27N3O. The first-order valence-electron chi connectivity index (χ1n) is 7.52. The Labute approximate surface area is 110 Å². The van der Waals surface area contributed by atoms with Crippen molar-refractivity contribution in [3.63, 3.8) is 0 Å². The van der Waals surface area contributed by atoms with Crippen molar-refractivity contribution in [3.8, 4) is 0 Å². The fraction of sp³-hybridized carbons (Fsp3) is 1.00. The van der Waals surface area contributed by atoms with Gasteiger partial charge in [0.1, 0.15) is 0 Å². The molecule has 18 heavy (non-hydrogen) atoms. The summed E-state index contributed by atoms with van der Waals surface area (Å²) in [5.41, 5.74) is 6.48. The Morgan fingerprint density at radius 3 is 2.83 bits per heavy atom. The lowest BCUT2D eigenvalue weighted by atomic mass is 9.85. The van der Waals surface area contributed by atoms with E-state index in [2.05, 4.69) is 9.80 Å². The van der Waals surface area contributed by atoms with Crippen molar-refractivity contribution in [2.75, 3.05) is 39.8 Å². The van der Waals surface area contributed by atoms with Crippen LogP contribution in [-0.2, 0) is 4.74 Å². The molecule has 2 N–H and O–H groups in total. The highest BCUT2D eigenvalue weighted by Gasteiger charge is 2.52. The SMILES string of the molecule is COC1CCCN(C2(CN)CCN3CCCC32)C1. The summed E-state index contributed by atoms with van der Waals surface area (Å²) < 4.78 is 5.59. The van der Waals surface area contributed by atoms with Crippen LogP contribution in [0.3, 0.4) is 0 Å². The van der Waals surface area contributed by atoms with Gasteiger partial charge in [-0.1, -0.05) is 0 Å². The topological polar surface area (TPSA) is 41.7 Å². The molecule has 3 atom stereocenters. The van der Waals surface area contributed by atoms with Crippen molar-refractivity contribution in [1.82, 2.24) is 9.80 Å². The Morgan fingerprint density at radius 1 is 1.22 bits per heavy atom. The van der Waals surface area contributed by atoms with E-state index in [1.165, 1.54) is 51.7 Å². The highest BCUT2D eigenvalue weighted by Crippen LogP contribution is 2.40. The maximum absolute atomic E-state index is 6.23. The highest BCUT2D eigenvalue weighted by molar-refractivity contribution is 5.10. The minimum Gasteiger partial charge on any atom is -0.380 e. The molecule has 3 fully saturated rings. The van der Waals surface area contributed by atoms with Crippen molar-refractivity contribution in [1.29, 1.82) is 0 Å². The van der Waals surface area contributed by atoms with Gasteiger partial charge < -0.3 is 10.5 Å². The minimum absolute atomic E-state index is 0.244. The summed E-state index contributed by atoms with van der Waals surface area (Å²) in [5.74, 6) is 0. The molecule has 0 aliphatic carbocycles. The summed E-state index contributed by atoms with van der Waals surface area (Å²) in [6.07, 6.45) is 6.83. The third-order valence-corrected chi connectivity index (χ3v) is 5.51. The molecule has 104 valence electrons. The van der Waals surface area contributed by atoms with Gasteiger partial charge in [0.05, 0.1) is 6.10 Å². The van der Waals surface area contributed by atoms with E-state index in [9.17, 15) is 0 Å². The molecule has 0 aromatic heterocycles. The summed E-state index contributed by atoms with van der Waals surface area (Å²) in [6, 6.07) is 0.707. The van der Waals surface area contributed by atoms with Crippen LogP contribution in [0.1, 0.15) is 32.1 Å². The first-order valence-corrected chi connectivity index (χ1v) is 7.52. The van der Waals surface area contributed by atoms with Gasteiger partial charge in [-0.2, -0.15) is 0 Å². The average molecular weight is 253 g/mol. The molecule has 4 heteroatoms. The fourth-order valence-corrected chi connectivity index (χ4v) is 4.48. The molecule has 0 saturated carbocycles. The quantitative estimate of drug-likeness (QED) is 0.802. The second-order valence-corrected chi connectivity index (χ2v) is 6.20. The number of nitrogens with zero attached hydrogens (tertiary/aromatic N) is 2. The lowest BCUT2D eigenvalue weighted by Crippen LogP contribution is -2.62. The van der Waals surface area contributed by atoms with Crippen molar-refractivity contribution in [3.05, 3.63) is 0 Å². The second kappa shape index (κ2) is 5.08. The van der Waals surface area contributed by atoms with Crippen LogP contribution in [0.15, 0.2) is 0 Å². The minimum atomic E-state index is 0.244. The fourth-order valence-electron chi connectivity index (χ4n) is 4.48. The van der Waals surface area contributed by atoms with Crippen LogP contribution in [0.5, 0.6) is 0 Å². The number of fused-ring (bicyclic) bond motifs is 1. The Hall–Kier alpha value is -0.160. The van der Waals surface area contributed by atoms with Gasteiger partial charge in [0.25, 0.3) is 0 Å². The van der Waals surface area contributed by atoms with E-state index in [-0.39, 0.29) is 5.54 Å². The van der Waals surface area contributed by atoms with E-state index in [0.717, 1.165) is 13.1 Å². The molecular weight excluding hydrogens is 226 g/mol. The third kappa shape index (κ3) is 1.90. The predicted octanol–water partition coefficient (Wildman–Crippen LogP) is 0.663. The molecule has 0 amide bonds. The monoisotopic (exact) mass is 253 g/mol. The van der Waals surface area contributed by atoms with Gasteiger partial charge in [-0.05, 0) is 45.2 Å². The third-order valence-electron chi connectivity index (χ3n) is 5.51. The van der Waals surface area contributed by atoms with E-state index in [1.54, 1.807) is 0 Å². The highest BCUT2D eigenvalue weighted by atomic mass is 16.5. The number of hydrogen-bond acceptors (Lipinski definition) is 4. The van der Waals surface area contributed by atoms with Crippen molar-refractivity contribution >= 4 is 0 Å². The number of hydrogen-bond donors (Lipinski definition) is 1. The number of piperidine rings is 1. The molecule has 0 radical (unpaired) electrons. The zero-order chi connectivity index (χ0) is 12.6. The van der Waals surface area contributed by atoms with Gasteiger partial charge in [0.2, 0.25) is 0 Å². The first-order chi connectivity index (χ1) is 8.80. The Kier molecular flexibility index (Phi) is 3.63. The molecule has 3 unspecified atom stereocenters. The van der Waals surface area contributed by atoms with Crippen LogP contribution in [0.25, 0.3) is 0 Å². The first kappa shape index (κ1) is 12.9. The molecule has 0 aromatic rings. The summed E-state index contributed by atoms with van der Waals surface area (Å²) in [7, 11) is 1.85. The van der Waals surface area contributed by atoms with E-state index in [0.29, 0.717) is 12.1 Å². The van der Waals surface area contributed by atoms with Crippen LogP contribution in [0, 0.1) is 0 Å². The molecule has 0 spiro atoms. The molecule has 3 aliphatic rings. The molecule has 0 aromatic carbocycles. The molecule has 3 saturated heterocycles. The number of likely N-dealkylation sites (tertiary alicyclic amines) is 1. The van der Waals surface area contributed by atoms with E-state index >= 15 is 0 Å². The van der Waals surface area contributed by atoms with Crippen LogP contribution in [-0.4, -0.2) is 67.3 Å². The maximum Gasteiger partial charge on any atom is 0.0698 e. The van der Waals surface area contributed by atoms with E-state index in [4.69, 9.17) is 10.5 Å². The van der Waals surface area contributed by atoms with Crippen LogP contribution < -0.4 is 5.73 Å². The zero-order valence-corrected chi connectivity index (χ0v) is 11.6. The van der Waals surface area contributed by atoms with Crippen molar-refractivity contribution in [2.24, 2.45) is 5.73 Å². The van der Waals surface area contributed by atoms with Crippen LogP contribution in [0.4, 0.5) is 0 Å². The number of ether oxygens (including phenoxy) is 1. The molecule has 3 rings (SSSR count). The molecule has 3 heterocycles. The smallest absolute Gasteiger partial charge is 0.0698 e. The van der Waals surface area contributed by atoms with Gasteiger partial charge in [-0.25, -0.2) is 0 Å². The lowest BCUT2D eigenvalue weighted by Gasteiger charge is -2.47. The normalized spacial score (nSPS) is 42.3. The van der Waals surface area contributed by atoms with E-state index in [1.807, 2.05) is 7.11 Å². The van der Waals surface area contributed by atoms with Gasteiger partial charge in [0, 0.05) is 38.3 Å². The lowest BCUT2D eigenvalue weighted by molar-refractivity contribution is -0.0261. The van der Waals surface area contributed by atoms with Gasteiger partial charge >= 0.3 is 0 Å². The maximum atomic E-state index is 6.23. The summed E-state index contributed by atoms with van der Waals surface area (Å²) >= 11 is 0. The van der Waals surface area contributed by atoms with Gasteiger partial charge in [-0.15, -0.1) is 0 Å². The Bertz CT molecular complexity index is 299. The Morgan fingerprint density at radius 2 is 2.06 bits per heavy atom. The zero-order valence-electron chi connectivity index (χ0n) is 11.6.